The molecule has 0 radical (unpaired) electrons. The minimum absolute atomic E-state index is 0.0112. The Hall–Kier alpha value is -3.87. The Labute approximate surface area is 195 Å². The van der Waals surface area contributed by atoms with E-state index in [1.807, 2.05) is 0 Å². The monoisotopic (exact) mass is 494 g/mol. The van der Waals surface area contributed by atoms with Gasteiger partial charge in [-0.25, -0.2) is 18.7 Å². The van der Waals surface area contributed by atoms with Crippen LogP contribution in [-0.2, 0) is 6.54 Å². The predicted octanol–water partition coefficient (Wildman–Crippen LogP) is 4.07. The third-order valence-corrected chi connectivity index (χ3v) is 5.23. The lowest BCUT2D eigenvalue weighted by molar-refractivity contribution is -0.248. The minimum atomic E-state index is -4.94. The molecule has 0 saturated carbocycles. The van der Waals surface area contributed by atoms with Crippen molar-refractivity contribution in [3.63, 3.8) is 0 Å². The van der Waals surface area contributed by atoms with Gasteiger partial charge in [-0.2, -0.15) is 18.3 Å². The molecule has 0 spiro atoms. The zero-order valence-corrected chi connectivity index (χ0v) is 18.5. The second-order valence-electron chi connectivity index (χ2n) is 8.04. The number of halogens is 5. The van der Waals surface area contributed by atoms with Gasteiger partial charge in [0.1, 0.15) is 23.5 Å². The molecule has 8 nitrogen and oxygen atoms in total. The summed E-state index contributed by atoms with van der Waals surface area (Å²) >= 11 is 0. The average molecular weight is 494 g/mol. The summed E-state index contributed by atoms with van der Waals surface area (Å²) in [6.07, 6.45) is -2.81. The molecule has 13 heteroatoms. The molecule has 3 heterocycles. The number of nitrogens with zero attached hydrogens (tertiary/aromatic N) is 6. The van der Waals surface area contributed by atoms with Gasteiger partial charge in [0.25, 0.3) is 0 Å². The van der Waals surface area contributed by atoms with Crippen LogP contribution in [0, 0.1) is 11.6 Å². The molecular weight excluding hydrogens is 475 g/mol. The van der Waals surface area contributed by atoms with Gasteiger partial charge < -0.3 is 14.5 Å². The first kappa shape index (κ1) is 24.3. The average Bonchev–Trinajstić information content (AvgIpc) is 3.44. The third-order valence-electron chi connectivity index (χ3n) is 5.23. The number of rotatable bonds is 7. The van der Waals surface area contributed by atoms with E-state index >= 15 is 0 Å². The van der Waals surface area contributed by atoms with Crippen molar-refractivity contribution in [2.24, 2.45) is 0 Å². The number of likely N-dealkylation sites (N-methyl/N-ethyl adjacent to an activating group) is 1. The minimum Gasteiger partial charge on any atom is -0.379 e. The lowest BCUT2D eigenvalue weighted by atomic mass is 10.1. The van der Waals surface area contributed by atoms with Gasteiger partial charge in [-0.05, 0) is 19.1 Å². The number of anilines is 1. The molecule has 1 atom stereocenters. The lowest BCUT2D eigenvalue weighted by Crippen LogP contribution is -2.50. The molecule has 184 valence electrons. The molecule has 3 aromatic heterocycles. The summed E-state index contributed by atoms with van der Waals surface area (Å²) in [4.78, 5) is 8.78. The highest BCUT2D eigenvalue weighted by atomic mass is 19.4. The summed E-state index contributed by atoms with van der Waals surface area (Å²) in [6, 6.07) is 9.17. The van der Waals surface area contributed by atoms with Crippen molar-refractivity contribution in [2.45, 2.75) is 25.2 Å². The molecule has 0 aliphatic carbocycles. The number of benzene rings is 1. The fourth-order valence-electron chi connectivity index (χ4n) is 3.36. The number of hydrogen-bond acceptors (Lipinski definition) is 7. The summed E-state index contributed by atoms with van der Waals surface area (Å²) in [5, 5.41) is 18.0. The maximum Gasteiger partial charge on any atom is 0.418 e. The number of aliphatic hydroxyl groups is 1. The fourth-order valence-corrected chi connectivity index (χ4v) is 3.36. The highest BCUT2D eigenvalue weighted by molar-refractivity contribution is 5.63. The summed E-state index contributed by atoms with van der Waals surface area (Å²) in [7, 11) is 1.16. The van der Waals surface area contributed by atoms with Gasteiger partial charge in [-0.3, -0.25) is 4.68 Å². The Morgan fingerprint density at radius 1 is 1.09 bits per heavy atom. The molecule has 1 N–H and O–H groups in total. The third kappa shape index (κ3) is 4.99. The van der Waals surface area contributed by atoms with Gasteiger partial charge in [-0.15, -0.1) is 0 Å². The van der Waals surface area contributed by atoms with Crippen LogP contribution in [-0.4, -0.2) is 55.4 Å². The maximum atomic E-state index is 14.4. The molecule has 1 unspecified atom stereocenters. The van der Waals surface area contributed by atoms with Crippen LogP contribution in [0.15, 0.2) is 53.4 Å². The SMILES string of the molecule is CN(CC(C)(O)C(F)(F)F)c1nc(-c2cc(-c3ccon3)n(Cc3ccccc3F)n2)ncc1F. The number of aromatic nitrogens is 5. The molecule has 35 heavy (non-hydrogen) atoms. The van der Waals surface area contributed by atoms with Crippen molar-refractivity contribution >= 4 is 5.82 Å². The van der Waals surface area contributed by atoms with Crippen molar-refractivity contribution in [3.05, 3.63) is 66.1 Å². The summed E-state index contributed by atoms with van der Waals surface area (Å²) in [5.74, 6) is -2.01. The molecule has 0 saturated heterocycles. The van der Waals surface area contributed by atoms with Crippen LogP contribution in [0.4, 0.5) is 27.8 Å². The Morgan fingerprint density at radius 2 is 1.83 bits per heavy atom. The van der Waals surface area contributed by atoms with Gasteiger partial charge in [0.2, 0.25) is 0 Å². The second kappa shape index (κ2) is 9.06. The van der Waals surface area contributed by atoms with E-state index in [-0.39, 0.29) is 18.1 Å². The van der Waals surface area contributed by atoms with E-state index in [9.17, 15) is 27.1 Å². The van der Waals surface area contributed by atoms with E-state index in [0.717, 1.165) is 18.1 Å². The summed E-state index contributed by atoms with van der Waals surface area (Å²) < 4.78 is 74.2. The first-order valence-electron chi connectivity index (χ1n) is 10.2. The Bertz CT molecular complexity index is 1320. The van der Waals surface area contributed by atoms with Crippen molar-refractivity contribution in [1.82, 2.24) is 24.9 Å². The second-order valence-corrected chi connectivity index (χ2v) is 8.04. The van der Waals surface area contributed by atoms with Gasteiger partial charge in [0.05, 0.1) is 25.0 Å². The summed E-state index contributed by atoms with van der Waals surface area (Å²) in [6.45, 7) is -0.384. The van der Waals surface area contributed by atoms with Crippen LogP contribution in [0.5, 0.6) is 0 Å². The van der Waals surface area contributed by atoms with Crippen molar-refractivity contribution in [3.8, 4) is 22.9 Å². The van der Waals surface area contributed by atoms with E-state index < -0.39 is 35.8 Å². The molecule has 0 fully saturated rings. The quantitative estimate of drug-likeness (QED) is 0.387. The number of hydrogen-bond donors (Lipinski definition) is 1. The van der Waals surface area contributed by atoms with Crippen LogP contribution >= 0.6 is 0 Å². The van der Waals surface area contributed by atoms with Gasteiger partial charge >= 0.3 is 6.18 Å². The van der Waals surface area contributed by atoms with Crippen LogP contribution in [0.25, 0.3) is 22.9 Å². The zero-order valence-electron chi connectivity index (χ0n) is 18.5. The predicted molar refractivity (Wildman–Crippen MR) is 114 cm³/mol. The van der Waals surface area contributed by atoms with Crippen molar-refractivity contribution < 1.29 is 31.6 Å². The normalized spacial score (nSPS) is 13.6. The molecule has 0 bridgehead atoms. The Morgan fingerprint density at radius 3 is 2.49 bits per heavy atom. The Kier molecular flexibility index (Phi) is 6.28. The zero-order chi connectivity index (χ0) is 25.4. The standard InChI is InChI=1S/C22H19F5N6O2/c1-21(34,22(25,26)27)12-32(2)20-15(24)10-28-19(29-20)17-9-18(16-7-8-35-31-16)33(30-17)11-13-5-3-4-6-14(13)23/h3-10,34H,11-12H2,1-2H3. The van der Waals surface area contributed by atoms with Gasteiger partial charge in [-0.1, -0.05) is 23.4 Å². The van der Waals surface area contributed by atoms with Crippen molar-refractivity contribution in [2.75, 3.05) is 18.5 Å². The van der Waals surface area contributed by atoms with E-state index in [1.165, 1.54) is 23.1 Å². The van der Waals surface area contributed by atoms with Crippen molar-refractivity contribution in [1.29, 1.82) is 0 Å². The molecule has 0 amide bonds. The smallest absolute Gasteiger partial charge is 0.379 e. The molecule has 4 rings (SSSR count). The topological polar surface area (TPSA) is 93.1 Å². The van der Waals surface area contributed by atoms with Crippen LogP contribution in [0.3, 0.4) is 0 Å². The Balaban J connectivity index is 1.72. The molecule has 0 aliphatic rings. The summed E-state index contributed by atoms with van der Waals surface area (Å²) in [5.41, 5.74) is -1.85. The van der Waals surface area contributed by atoms with Crippen LogP contribution in [0.2, 0.25) is 0 Å². The number of alkyl halides is 3. The van der Waals surface area contributed by atoms with Gasteiger partial charge in [0.15, 0.2) is 23.1 Å². The maximum absolute atomic E-state index is 14.4. The van der Waals surface area contributed by atoms with Crippen LogP contribution in [0.1, 0.15) is 12.5 Å². The van der Waals surface area contributed by atoms with E-state index in [0.29, 0.717) is 23.9 Å². The molecule has 1 aromatic carbocycles. The fraction of sp³-hybridized carbons (Fsp3) is 0.273. The molecule has 4 aromatic rings. The highest BCUT2D eigenvalue weighted by Crippen LogP contribution is 2.32. The van der Waals surface area contributed by atoms with E-state index in [2.05, 4.69) is 20.2 Å². The molecule has 0 aliphatic heterocycles. The van der Waals surface area contributed by atoms with Gasteiger partial charge in [0, 0.05) is 18.7 Å². The van der Waals surface area contributed by atoms with E-state index in [4.69, 9.17) is 4.52 Å². The largest absolute Gasteiger partial charge is 0.418 e. The first-order chi connectivity index (χ1) is 16.5. The molecular formula is C22H19F5N6O2. The van der Waals surface area contributed by atoms with E-state index in [1.54, 1.807) is 24.3 Å². The first-order valence-corrected chi connectivity index (χ1v) is 10.2. The van der Waals surface area contributed by atoms with Crippen LogP contribution < -0.4 is 4.90 Å². The highest BCUT2D eigenvalue weighted by Gasteiger charge is 2.50. The lowest BCUT2D eigenvalue weighted by Gasteiger charge is -2.31.